The molecular formula is C24H16FN3O4S2. The highest BCUT2D eigenvalue weighted by atomic mass is 32.2. The second-order valence-corrected chi connectivity index (χ2v) is 9.30. The highest BCUT2D eigenvalue weighted by molar-refractivity contribution is 7.98. The fourth-order valence-corrected chi connectivity index (χ4v) is 5.47. The number of amides is 1. The van der Waals surface area contributed by atoms with Crippen molar-refractivity contribution in [1.82, 2.24) is 9.97 Å². The van der Waals surface area contributed by atoms with Crippen LogP contribution in [0.25, 0.3) is 32.3 Å². The molecule has 2 aromatic carbocycles. The maximum atomic E-state index is 13.3. The third-order valence-corrected chi connectivity index (χ3v) is 6.89. The monoisotopic (exact) mass is 493 g/mol. The summed E-state index contributed by atoms with van der Waals surface area (Å²) in [6, 6.07) is 12.5. The summed E-state index contributed by atoms with van der Waals surface area (Å²) in [5, 5.41) is 6.09. The topological polar surface area (TPSA) is 105 Å². The Balaban J connectivity index is 1.45. The van der Waals surface area contributed by atoms with Gasteiger partial charge in [-0.1, -0.05) is 23.9 Å². The highest BCUT2D eigenvalue weighted by Gasteiger charge is 2.14. The van der Waals surface area contributed by atoms with Crippen LogP contribution in [0.4, 0.5) is 10.1 Å². The number of nitrogens with one attached hydrogen (secondary N) is 2. The molecular weight excluding hydrogens is 477 g/mol. The van der Waals surface area contributed by atoms with Crippen molar-refractivity contribution in [2.75, 3.05) is 5.32 Å². The molecule has 1 amide bonds. The number of aromatic amines is 1. The quantitative estimate of drug-likeness (QED) is 0.199. The Bertz CT molecular complexity index is 1670. The summed E-state index contributed by atoms with van der Waals surface area (Å²) in [5.74, 6) is -0.204. The first-order valence-corrected chi connectivity index (χ1v) is 12.0. The fraction of sp³-hybridized carbons (Fsp3) is 0.0833. The Kier molecular flexibility index (Phi) is 5.76. The van der Waals surface area contributed by atoms with Crippen molar-refractivity contribution < 1.29 is 13.6 Å². The number of nitrogens with zero attached hydrogens (tertiary/aromatic N) is 1. The molecule has 2 N–H and O–H groups in total. The molecule has 0 fully saturated rings. The maximum absolute atomic E-state index is 13.3. The van der Waals surface area contributed by atoms with Crippen molar-refractivity contribution in [3.63, 3.8) is 0 Å². The minimum atomic E-state index is -0.512. The SMILES string of the molecule is CC(=O)Nc1ccc2c(CSc3nc4scc(-c5ccc(F)cc5)c4c(=O)[nH]3)cc(=O)oc2c1. The van der Waals surface area contributed by atoms with Gasteiger partial charge in [0.25, 0.3) is 5.56 Å². The molecule has 10 heteroatoms. The van der Waals surface area contributed by atoms with Crippen LogP contribution >= 0.6 is 23.1 Å². The fourth-order valence-electron chi connectivity index (χ4n) is 3.62. The number of halogens is 1. The summed E-state index contributed by atoms with van der Waals surface area (Å²) < 4.78 is 18.6. The van der Waals surface area contributed by atoms with Crippen molar-refractivity contribution in [2.45, 2.75) is 17.8 Å². The summed E-state index contributed by atoms with van der Waals surface area (Å²) in [4.78, 5) is 44.2. The summed E-state index contributed by atoms with van der Waals surface area (Å²) in [6.07, 6.45) is 0. The van der Waals surface area contributed by atoms with E-state index in [4.69, 9.17) is 4.42 Å². The molecule has 3 heterocycles. The Morgan fingerprint density at radius 2 is 1.97 bits per heavy atom. The van der Waals surface area contributed by atoms with E-state index >= 15 is 0 Å². The molecule has 0 bridgehead atoms. The van der Waals surface area contributed by atoms with Crippen LogP contribution in [0.5, 0.6) is 0 Å². The highest BCUT2D eigenvalue weighted by Crippen LogP contribution is 2.32. The number of carbonyl (C=O) groups excluding carboxylic acids is 1. The molecule has 5 rings (SSSR count). The van der Waals surface area contributed by atoms with E-state index < -0.39 is 5.63 Å². The van der Waals surface area contributed by atoms with E-state index in [0.717, 1.165) is 10.9 Å². The molecule has 0 aliphatic heterocycles. The summed E-state index contributed by atoms with van der Waals surface area (Å²) in [6.45, 7) is 1.40. The molecule has 0 unspecified atom stereocenters. The number of carbonyl (C=O) groups is 1. The van der Waals surface area contributed by atoms with Crippen LogP contribution in [-0.2, 0) is 10.5 Å². The van der Waals surface area contributed by atoms with Gasteiger partial charge in [0, 0.05) is 46.8 Å². The molecule has 0 atom stereocenters. The van der Waals surface area contributed by atoms with E-state index in [0.29, 0.717) is 43.5 Å². The van der Waals surface area contributed by atoms with Gasteiger partial charge in [0.2, 0.25) is 5.91 Å². The lowest BCUT2D eigenvalue weighted by Gasteiger charge is -2.07. The van der Waals surface area contributed by atoms with Crippen molar-refractivity contribution in [2.24, 2.45) is 0 Å². The van der Waals surface area contributed by atoms with Crippen LogP contribution in [0.1, 0.15) is 12.5 Å². The van der Waals surface area contributed by atoms with Crippen LogP contribution in [-0.4, -0.2) is 15.9 Å². The van der Waals surface area contributed by atoms with Crippen LogP contribution in [0, 0.1) is 5.82 Å². The van der Waals surface area contributed by atoms with Gasteiger partial charge in [-0.25, -0.2) is 14.2 Å². The third kappa shape index (κ3) is 4.37. The molecule has 34 heavy (non-hydrogen) atoms. The van der Waals surface area contributed by atoms with E-state index in [1.807, 2.05) is 5.38 Å². The number of H-pyrrole nitrogens is 1. The van der Waals surface area contributed by atoms with E-state index in [9.17, 15) is 18.8 Å². The lowest BCUT2D eigenvalue weighted by atomic mass is 10.1. The number of aromatic nitrogens is 2. The summed E-state index contributed by atoms with van der Waals surface area (Å²) >= 11 is 2.62. The van der Waals surface area contributed by atoms with Crippen LogP contribution < -0.4 is 16.5 Å². The lowest BCUT2D eigenvalue weighted by molar-refractivity contribution is -0.114. The minimum Gasteiger partial charge on any atom is -0.423 e. The van der Waals surface area contributed by atoms with E-state index in [-0.39, 0.29) is 17.3 Å². The smallest absolute Gasteiger partial charge is 0.336 e. The van der Waals surface area contributed by atoms with Gasteiger partial charge in [0.05, 0.1) is 5.39 Å². The predicted molar refractivity (Wildman–Crippen MR) is 132 cm³/mol. The molecule has 7 nitrogen and oxygen atoms in total. The number of thioether (sulfide) groups is 1. The van der Waals surface area contributed by atoms with Gasteiger partial charge in [0.15, 0.2) is 5.16 Å². The first kappa shape index (κ1) is 22.1. The molecule has 0 spiro atoms. The molecule has 170 valence electrons. The third-order valence-electron chi connectivity index (χ3n) is 5.09. The van der Waals surface area contributed by atoms with Crippen LogP contribution in [0.2, 0.25) is 0 Å². The Hall–Kier alpha value is -3.76. The number of rotatable bonds is 5. The lowest BCUT2D eigenvalue weighted by Crippen LogP contribution is -2.09. The first-order valence-electron chi connectivity index (χ1n) is 10.1. The molecule has 0 saturated heterocycles. The average molecular weight is 494 g/mol. The predicted octanol–water partition coefficient (Wildman–Crippen LogP) is 5.15. The molecule has 5 aromatic rings. The molecule has 0 radical (unpaired) electrons. The number of hydrogen-bond donors (Lipinski definition) is 2. The number of anilines is 1. The molecule has 0 aliphatic carbocycles. The standard InChI is InChI=1S/C24H16FN3O4S2/c1-12(29)26-16-6-7-17-14(8-20(30)32-19(17)9-16)10-34-24-27-22(31)21-18(11-33-23(21)28-24)13-2-4-15(25)5-3-13/h2-9,11H,10H2,1H3,(H,26,29)(H,27,28,31). The molecule has 3 aromatic heterocycles. The zero-order valence-electron chi connectivity index (χ0n) is 17.7. The summed E-state index contributed by atoms with van der Waals surface area (Å²) in [5.41, 5.74) is 2.24. The van der Waals surface area contributed by atoms with Crippen molar-refractivity contribution >= 4 is 55.9 Å². The zero-order chi connectivity index (χ0) is 23.8. The maximum Gasteiger partial charge on any atom is 0.336 e. The van der Waals surface area contributed by atoms with Gasteiger partial charge in [-0.2, -0.15) is 0 Å². The number of thiophene rings is 1. The Morgan fingerprint density at radius 1 is 1.18 bits per heavy atom. The van der Waals surface area contributed by atoms with Gasteiger partial charge < -0.3 is 14.7 Å². The first-order chi connectivity index (χ1) is 16.4. The van der Waals surface area contributed by atoms with E-state index in [1.165, 1.54) is 48.2 Å². The van der Waals surface area contributed by atoms with Crippen LogP contribution in [0.3, 0.4) is 0 Å². The number of benzene rings is 2. The van der Waals surface area contributed by atoms with E-state index in [2.05, 4.69) is 15.3 Å². The largest absolute Gasteiger partial charge is 0.423 e. The van der Waals surface area contributed by atoms with Gasteiger partial charge in [-0.15, -0.1) is 11.3 Å². The number of hydrogen-bond acceptors (Lipinski definition) is 7. The minimum absolute atomic E-state index is 0.227. The Morgan fingerprint density at radius 3 is 2.74 bits per heavy atom. The van der Waals surface area contributed by atoms with E-state index in [1.54, 1.807) is 30.3 Å². The zero-order valence-corrected chi connectivity index (χ0v) is 19.3. The molecule has 0 aliphatic rings. The van der Waals surface area contributed by atoms with Crippen molar-refractivity contribution in [3.8, 4) is 11.1 Å². The normalized spacial score (nSPS) is 11.2. The van der Waals surface area contributed by atoms with Gasteiger partial charge >= 0.3 is 5.63 Å². The second kappa shape index (κ2) is 8.88. The second-order valence-electron chi connectivity index (χ2n) is 7.48. The average Bonchev–Trinajstić information content (AvgIpc) is 3.22. The van der Waals surface area contributed by atoms with Gasteiger partial charge in [0.1, 0.15) is 16.2 Å². The molecule has 0 saturated carbocycles. The Labute approximate surface area is 199 Å². The number of fused-ring (bicyclic) bond motifs is 2. The van der Waals surface area contributed by atoms with Crippen molar-refractivity contribution in [3.05, 3.63) is 86.1 Å². The van der Waals surface area contributed by atoms with Crippen molar-refractivity contribution in [1.29, 1.82) is 0 Å². The van der Waals surface area contributed by atoms with Gasteiger partial charge in [-0.3, -0.25) is 9.59 Å². The van der Waals surface area contributed by atoms with Crippen LogP contribution in [0.15, 0.2) is 73.1 Å². The summed E-state index contributed by atoms with van der Waals surface area (Å²) in [7, 11) is 0. The van der Waals surface area contributed by atoms with Gasteiger partial charge in [-0.05, 0) is 35.4 Å².